The van der Waals surface area contributed by atoms with Gasteiger partial charge < -0.3 is 16.2 Å². The number of carboxylic acid groups (broad SMARTS) is 1. The lowest BCUT2D eigenvalue weighted by Crippen LogP contribution is -2.31. The Kier molecular flexibility index (Phi) is 5.65. The molecule has 3 aromatic rings. The monoisotopic (exact) mass is 396 g/mol. The van der Waals surface area contributed by atoms with Crippen LogP contribution in [0.15, 0.2) is 88.7 Å². The molecule has 0 spiro atoms. The molecule has 0 aliphatic rings. The van der Waals surface area contributed by atoms with Gasteiger partial charge in [0.2, 0.25) is 9.84 Å². The molecule has 0 heterocycles. The minimum Gasteiger partial charge on any atom is -0.480 e. The Bertz CT molecular complexity index is 1050. The Balaban J connectivity index is 1.77. The number of anilines is 2. The molecule has 0 aliphatic carbocycles. The van der Waals surface area contributed by atoms with E-state index in [2.05, 4.69) is 5.32 Å². The highest BCUT2D eigenvalue weighted by Gasteiger charge is 2.20. The van der Waals surface area contributed by atoms with Gasteiger partial charge in [0.15, 0.2) is 0 Å². The van der Waals surface area contributed by atoms with Crippen LogP contribution in [0.5, 0.6) is 0 Å². The molecule has 0 amide bonds. The fourth-order valence-corrected chi connectivity index (χ4v) is 4.03. The van der Waals surface area contributed by atoms with Crippen LogP contribution in [0.1, 0.15) is 5.56 Å². The van der Waals surface area contributed by atoms with E-state index < -0.39 is 21.8 Å². The van der Waals surface area contributed by atoms with E-state index in [-0.39, 0.29) is 9.79 Å². The normalized spacial score (nSPS) is 12.3. The van der Waals surface area contributed by atoms with Crippen molar-refractivity contribution in [3.8, 4) is 0 Å². The van der Waals surface area contributed by atoms with Gasteiger partial charge in [-0.25, -0.2) is 13.2 Å². The van der Waals surface area contributed by atoms with Gasteiger partial charge in [-0.1, -0.05) is 30.3 Å². The number of benzene rings is 3. The van der Waals surface area contributed by atoms with Gasteiger partial charge >= 0.3 is 5.97 Å². The number of nitrogens with two attached hydrogens (primary N) is 1. The first-order chi connectivity index (χ1) is 13.4. The third kappa shape index (κ3) is 4.50. The molecule has 3 aromatic carbocycles. The van der Waals surface area contributed by atoms with Crippen molar-refractivity contribution in [3.63, 3.8) is 0 Å². The minimum atomic E-state index is -3.67. The van der Waals surface area contributed by atoms with Gasteiger partial charge in [0.1, 0.15) is 6.04 Å². The molecule has 4 N–H and O–H groups in total. The van der Waals surface area contributed by atoms with Gasteiger partial charge in [0, 0.05) is 17.8 Å². The number of carbonyl (C=O) groups is 1. The quantitative estimate of drug-likeness (QED) is 0.529. The number of hydrogen-bond donors (Lipinski definition) is 3. The second kappa shape index (κ2) is 8.14. The van der Waals surface area contributed by atoms with Gasteiger partial charge in [-0.3, -0.25) is 0 Å². The third-order valence-corrected chi connectivity index (χ3v) is 6.06. The minimum absolute atomic E-state index is 0.123. The van der Waals surface area contributed by atoms with Gasteiger partial charge in [0.25, 0.3) is 0 Å². The molecule has 7 heteroatoms. The molecule has 0 saturated carbocycles. The van der Waals surface area contributed by atoms with Crippen molar-refractivity contribution in [1.29, 1.82) is 0 Å². The zero-order valence-corrected chi connectivity index (χ0v) is 15.8. The van der Waals surface area contributed by atoms with Gasteiger partial charge in [-0.05, 0) is 54.1 Å². The maximum atomic E-state index is 12.7. The van der Waals surface area contributed by atoms with Crippen LogP contribution in [0.4, 0.5) is 11.4 Å². The summed E-state index contributed by atoms with van der Waals surface area (Å²) in [4.78, 5) is 11.8. The summed E-state index contributed by atoms with van der Waals surface area (Å²) in [5, 5.41) is 12.4. The summed E-state index contributed by atoms with van der Waals surface area (Å²) >= 11 is 0. The lowest BCUT2D eigenvalue weighted by molar-refractivity contribution is -0.137. The number of nitrogens with one attached hydrogen (secondary N) is 1. The molecular formula is C21H20N2O4S. The van der Waals surface area contributed by atoms with Crippen molar-refractivity contribution in [3.05, 3.63) is 84.4 Å². The molecule has 0 unspecified atom stereocenters. The number of hydrogen-bond acceptors (Lipinski definition) is 5. The van der Waals surface area contributed by atoms with E-state index in [9.17, 15) is 18.3 Å². The van der Waals surface area contributed by atoms with Crippen LogP contribution in [0.25, 0.3) is 0 Å². The molecule has 0 fully saturated rings. The summed E-state index contributed by atoms with van der Waals surface area (Å²) in [6.07, 6.45) is 0.307. The molecule has 0 bridgehead atoms. The highest BCUT2D eigenvalue weighted by atomic mass is 32.2. The second-order valence-electron chi connectivity index (χ2n) is 6.32. The van der Waals surface area contributed by atoms with E-state index in [1.807, 2.05) is 30.3 Å². The van der Waals surface area contributed by atoms with Crippen molar-refractivity contribution in [2.45, 2.75) is 22.3 Å². The molecule has 0 aromatic heterocycles. The zero-order valence-electron chi connectivity index (χ0n) is 14.9. The number of rotatable bonds is 7. The number of sulfone groups is 1. The van der Waals surface area contributed by atoms with Crippen LogP contribution in [-0.2, 0) is 21.1 Å². The second-order valence-corrected chi connectivity index (χ2v) is 8.27. The maximum Gasteiger partial charge on any atom is 0.326 e. The lowest BCUT2D eigenvalue weighted by atomic mass is 10.1. The molecule has 0 aliphatic heterocycles. The predicted octanol–water partition coefficient (Wildman–Crippen LogP) is 3.21. The van der Waals surface area contributed by atoms with E-state index in [1.54, 1.807) is 12.1 Å². The summed E-state index contributed by atoms with van der Waals surface area (Å²) in [5.74, 6) is -0.984. The standard InChI is InChI=1S/C21H20N2O4S/c22-16-6-10-18(11-7-16)28(26,27)19-12-8-17(9-13-19)23-20(21(24)25)14-15-4-2-1-3-5-15/h1-13,20,23H,14,22H2,(H,24,25)/t20-/m0/s1. The topological polar surface area (TPSA) is 109 Å². The van der Waals surface area contributed by atoms with Crippen molar-refractivity contribution >= 4 is 27.2 Å². The predicted molar refractivity (Wildman–Crippen MR) is 108 cm³/mol. The fraction of sp³-hybridized carbons (Fsp3) is 0.0952. The maximum absolute atomic E-state index is 12.7. The summed E-state index contributed by atoms with van der Waals surface area (Å²) in [5.41, 5.74) is 7.51. The van der Waals surface area contributed by atoms with Crippen LogP contribution >= 0.6 is 0 Å². The van der Waals surface area contributed by atoms with Crippen LogP contribution in [0.3, 0.4) is 0 Å². The molecular weight excluding hydrogens is 376 g/mol. The Hall–Kier alpha value is -3.32. The summed E-state index contributed by atoms with van der Waals surface area (Å²) in [6.45, 7) is 0. The molecule has 28 heavy (non-hydrogen) atoms. The smallest absolute Gasteiger partial charge is 0.326 e. The van der Waals surface area contributed by atoms with Crippen molar-refractivity contribution in [2.24, 2.45) is 0 Å². The molecule has 0 radical (unpaired) electrons. The molecule has 3 rings (SSSR count). The summed E-state index contributed by atoms with van der Waals surface area (Å²) < 4.78 is 25.3. The van der Waals surface area contributed by atoms with Crippen LogP contribution < -0.4 is 11.1 Å². The average molecular weight is 396 g/mol. The zero-order chi connectivity index (χ0) is 20.1. The Morgan fingerprint density at radius 2 is 1.43 bits per heavy atom. The first-order valence-electron chi connectivity index (χ1n) is 8.60. The Morgan fingerprint density at radius 3 is 1.96 bits per heavy atom. The first-order valence-corrected chi connectivity index (χ1v) is 10.1. The highest BCUT2D eigenvalue weighted by Crippen LogP contribution is 2.23. The lowest BCUT2D eigenvalue weighted by Gasteiger charge is -2.16. The number of carboxylic acids is 1. The molecule has 1 atom stereocenters. The first kappa shape index (κ1) is 19.4. The highest BCUT2D eigenvalue weighted by molar-refractivity contribution is 7.91. The number of aliphatic carboxylic acids is 1. The van der Waals surface area contributed by atoms with E-state index in [4.69, 9.17) is 5.73 Å². The van der Waals surface area contributed by atoms with E-state index in [1.165, 1.54) is 36.4 Å². The molecule has 0 saturated heterocycles. The molecule has 144 valence electrons. The number of nitrogen functional groups attached to an aromatic ring is 1. The van der Waals surface area contributed by atoms with Crippen molar-refractivity contribution in [1.82, 2.24) is 0 Å². The summed E-state index contributed by atoms with van der Waals surface area (Å²) in [6, 6.07) is 20.5. The van der Waals surface area contributed by atoms with Crippen LogP contribution in [0, 0.1) is 0 Å². The average Bonchev–Trinajstić information content (AvgIpc) is 2.69. The van der Waals surface area contributed by atoms with Crippen LogP contribution in [0.2, 0.25) is 0 Å². The third-order valence-electron chi connectivity index (χ3n) is 4.28. The Labute approximate surface area is 163 Å². The fourth-order valence-electron chi connectivity index (χ4n) is 2.76. The molecule has 6 nitrogen and oxygen atoms in total. The SMILES string of the molecule is Nc1ccc(S(=O)(=O)c2ccc(N[C@@H](Cc3ccccc3)C(=O)O)cc2)cc1. The van der Waals surface area contributed by atoms with Gasteiger partial charge in [-0.15, -0.1) is 0 Å². The van der Waals surface area contributed by atoms with E-state index >= 15 is 0 Å². The van der Waals surface area contributed by atoms with Gasteiger partial charge in [0.05, 0.1) is 9.79 Å². The summed E-state index contributed by atoms with van der Waals surface area (Å²) in [7, 11) is -3.67. The van der Waals surface area contributed by atoms with Gasteiger partial charge in [-0.2, -0.15) is 0 Å². The van der Waals surface area contributed by atoms with Crippen molar-refractivity contribution in [2.75, 3.05) is 11.1 Å². The van der Waals surface area contributed by atoms with Crippen LogP contribution in [-0.4, -0.2) is 25.5 Å². The van der Waals surface area contributed by atoms with E-state index in [0.717, 1.165) is 5.56 Å². The largest absolute Gasteiger partial charge is 0.480 e. The van der Waals surface area contributed by atoms with Crippen molar-refractivity contribution < 1.29 is 18.3 Å². The van der Waals surface area contributed by atoms with E-state index in [0.29, 0.717) is 17.8 Å². The Morgan fingerprint density at radius 1 is 0.893 bits per heavy atom.